The van der Waals surface area contributed by atoms with Crippen LogP contribution < -0.4 is 5.32 Å². The molecule has 0 aromatic heterocycles. The Morgan fingerprint density at radius 1 is 1.15 bits per heavy atom. The lowest BCUT2D eigenvalue weighted by atomic mass is 9.99. The van der Waals surface area contributed by atoms with E-state index in [0.29, 0.717) is 18.9 Å². The molecule has 110 valence electrons. The summed E-state index contributed by atoms with van der Waals surface area (Å²) >= 11 is 0. The van der Waals surface area contributed by atoms with Gasteiger partial charge in [-0.15, -0.1) is 0 Å². The van der Waals surface area contributed by atoms with Gasteiger partial charge in [0, 0.05) is 13.0 Å². The molecule has 0 aliphatic rings. The molecule has 20 heavy (non-hydrogen) atoms. The lowest BCUT2D eigenvalue weighted by Crippen LogP contribution is -2.29. The third-order valence-electron chi connectivity index (χ3n) is 3.48. The minimum absolute atomic E-state index is 0.0154. The molecule has 4 heteroatoms. The highest BCUT2D eigenvalue weighted by molar-refractivity contribution is 5.83. The minimum atomic E-state index is -0.765. The van der Waals surface area contributed by atoms with Gasteiger partial charge in [-0.1, -0.05) is 37.3 Å². The van der Waals surface area contributed by atoms with Crippen LogP contribution in [0.3, 0.4) is 0 Å². The Kier molecular flexibility index (Phi) is 6.77. The number of hydrogen-bond acceptors (Lipinski definition) is 2. The van der Waals surface area contributed by atoms with Crippen molar-refractivity contribution < 1.29 is 14.7 Å². The van der Waals surface area contributed by atoms with Crippen LogP contribution in [0.1, 0.15) is 44.6 Å². The van der Waals surface area contributed by atoms with Crippen LogP contribution in [0.15, 0.2) is 30.3 Å². The second-order valence-corrected chi connectivity index (χ2v) is 5.25. The van der Waals surface area contributed by atoms with Crippen LogP contribution in [-0.4, -0.2) is 23.5 Å². The SMILES string of the molecule is CC(CCNC(=O)C(C)c1ccccc1)CCC(=O)O. The molecule has 1 amide bonds. The average molecular weight is 277 g/mol. The largest absolute Gasteiger partial charge is 0.481 e. The summed E-state index contributed by atoms with van der Waals surface area (Å²) < 4.78 is 0. The fourth-order valence-corrected chi connectivity index (χ4v) is 2.00. The quantitative estimate of drug-likeness (QED) is 0.768. The number of rotatable bonds is 8. The number of benzene rings is 1. The summed E-state index contributed by atoms with van der Waals surface area (Å²) in [5.41, 5.74) is 1.00. The van der Waals surface area contributed by atoms with Crippen molar-refractivity contribution in [3.63, 3.8) is 0 Å². The van der Waals surface area contributed by atoms with Crippen molar-refractivity contribution in [1.82, 2.24) is 5.32 Å². The molecule has 1 aromatic rings. The Morgan fingerprint density at radius 3 is 2.40 bits per heavy atom. The van der Waals surface area contributed by atoms with Gasteiger partial charge < -0.3 is 10.4 Å². The molecule has 0 heterocycles. The van der Waals surface area contributed by atoms with Crippen molar-refractivity contribution >= 4 is 11.9 Å². The third kappa shape index (κ3) is 5.87. The van der Waals surface area contributed by atoms with E-state index in [9.17, 15) is 9.59 Å². The van der Waals surface area contributed by atoms with Gasteiger partial charge in [0.15, 0.2) is 0 Å². The lowest BCUT2D eigenvalue weighted by molar-refractivity contribution is -0.137. The summed E-state index contributed by atoms with van der Waals surface area (Å²) in [4.78, 5) is 22.4. The Balaban J connectivity index is 2.28. The molecular formula is C16H23NO3. The number of hydrogen-bond donors (Lipinski definition) is 2. The van der Waals surface area contributed by atoms with E-state index in [1.165, 1.54) is 0 Å². The maximum Gasteiger partial charge on any atom is 0.303 e. The van der Waals surface area contributed by atoms with E-state index in [-0.39, 0.29) is 18.2 Å². The highest BCUT2D eigenvalue weighted by Crippen LogP contribution is 2.15. The molecule has 0 saturated heterocycles. The maximum absolute atomic E-state index is 12.0. The van der Waals surface area contributed by atoms with Gasteiger partial charge >= 0.3 is 5.97 Å². The summed E-state index contributed by atoms with van der Waals surface area (Å²) in [6.45, 7) is 4.49. The molecule has 4 nitrogen and oxygen atoms in total. The number of carbonyl (C=O) groups excluding carboxylic acids is 1. The van der Waals surface area contributed by atoms with Crippen LogP contribution in [0.25, 0.3) is 0 Å². The second-order valence-electron chi connectivity index (χ2n) is 5.25. The van der Waals surface area contributed by atoms with Crippen molar-refractivity contribution in [2.75, 3.05) is 6.54 Å². The number of carboxylic acid groups (broad SMARTS) is 1. The smallest absolute Gasteiger partial charge is 0.303 e. The molecule has 2 atom stereocenters. The molecule has 1 aromatic carbocycles. The van der Waals surface area contributed by atoms with E-state index in [1.54, 1.807) is 0 Å². The van der Waals surface area contributed by atoms with Crippen LogP contribution in [0.5, 0.6) is 0 Å². The predicted molar refractivity (Wildman–Crippen MR) is 78.5 cm³/mol. The van der Waals surface area contributed by atoms with Crippen molar-refractivity contribution in [3.8, 4) is 0 Å². The summed E-state index contributed by atoms with van der Waals surface area (Å²) in [6.07, 6.45) is 1.65. The fraction of sp³-hybridized carbons (Fsp3) is 0.500. The first kappa shape index (κ1) is 16.2. The van der Waals surface area contributed by atoms with E-state index < -0.39 is 5.97 Å². The molecule has 2 unspecified atom stereocenters. The maximum atomic E-state index is 12.0. The summed E-state index contributed by atoms with van der Waals surface area (Å²) in [6, 6.07) is 9.66. The first-order chi connectivity index (χ1) is 9.50. The predicted octanol–water partition coefficient (Wildman–Crippen LogP) is 2.80. The Labute approximate surface area is 120 Å². The molecule has 0 radical (unpaired) electrons. The highest BCUT2D eigenvalue weighted by atomic mass is 16.4. The Hall–Kier alpha value is -1.84. The summed E-state index contributed by atoms with van der Waals surface area (Å²) in [7, 11) is 0. The normalized spacial score (nSPS) is 13.5. The van der Waals surface area contributed by atoms with Gasteiger partial charge in [-0.3, -0.25) is 9.59 Å². The molecular weight excluding hydrogens is 254 g/mol. The zero-order chi connectivity index (χ0) is 15.0. The molecule has 0 aliphatic carbocycles. The summed E-state index contributed by atoms with van der Waals surface area (Å²) in [5.74, 6) is -0.607. The molecule has 0 bridgehead atoms. The van der Waals surface area contributed by atoms with Crippen LogP contribution in [0.2, 0.25) is 0 Å². The number of carbonyl (C=O) groups is 2. The van der Waals surface area contributed by atoms with Crippen LogP contribution >= 0.6 is 0 Å². The van der Waals surface area contributed by atoms with Crippen LogP contribution in [0.4, 0.5) is 0 Å². The topological polar surface area (TPSA) is 66.4 Å². The van der Waals surface area contributed by atoms with Crippen molar-refractivity contribution in [2.24, 2.45) is 5.92 Å². The van der Waals surface area contributed by atoms with E-state index in [1.807, 2.05) is 44.2 Å². The van der Waals surface area contributed by atoms with E-state index in [4.69, 9.17) is 5.11 Å². The van der Waals surface area contributed by atoms with Gasteiger partial charge in [-0.2, -0.15) is 0 Å². The van der Waals surface area contributed by atoms with E-state index in [2.05, 4.69) is 5.32 Å². The first-order valence-electron chi connectivity index (χ1n) is 7.05. The van der Waals surface area contributed by atoms with Gasteiger partial charge in [0.05, 0.1) is 5.92 Å². The van der Waals surface area contributed by atoms with Gasteiger partial charge in [-0.05, 0) is 31.2 Å². The van der Waals surface area contributed by atoms with Gasteiger partial charge in [0.25, 0.3) is 0 Å². The molecule has 2 N–H and O–H groups in total. The minimum Gasteiger partial charge on any atom is -0.481 e. The van der Waals surface area contributed by atoms with Gasteiger partial charge in [0.1, 0.15) is 0 Å². The van der Waals surface area contributed by atoms with Crippen LogP contribution in [-0.2, 0) is 9.59 Å². The standard InChI is InChI=1S/C16H23NO3/c1-12(8-9-15(18)19)10-11-17-16(20)13(2)14-6-4-3-5-7-14/h3-7,12-13H,8-11H2,1-2H3,(H,17,20)(H,18,19). The van der Waals surface area contributed by atoms with E-state index in [0.717, 1.165) is 12.0 Å². The number of carboxylic acids is 1. The number of nitrogens with one attached hydrogen (secondary N) is 1. The Morgan fingerprint density at radius 2 is 1.80 bits per heavy atom. The monoisotopic (exact) mass is 277 g/mol. The summed E-state index contributed by atoms with van der Waals surface area (Å²) in [5, 5.41) is 11.5. The third-order valence-corrected chi connectivity index (χ3v) is 3.48. The van der Waals surface area contributed by atoms with Crippen molar-refractivity contribution in [3.05, 3.63) is 35.9 Å². The first-order valence-corrected chi connectivity index (χ1v) is 7.05. The Bertz CT molecular complexity index is 431. The molecule has 0 saturated carbocycles. The zero-order valence-electron chi connectivity index (χ0n) is 12.1. The molecule has 0 fully saturated rings. The molecule has 0 aliphatic heterocycles. The highest BCUT2D eigenvalue weighted by Gasteiger charge is 2.14. The van der Waals surface area contributed by atoms with Crippen molar-refractivity contribution in [2.45, 2.75) is 39.0 Å². The van der Waals surface area contributed by atoms with Gasteiger partial charge in [-0.25, -0.2) is 0 Å². The molecule has 0 spiro atoms. The number of aliphatic carboxylic acids is 1. The zero-order valence-corrected chi connectivity index (χ0v) is 12.1. The van der Waals surface area contributed by atoms with Crippen molar-refractivity contribution in [1.29, 1.82) is 0 Å². The fourth-order valence-electron chi connectivity index (χ4n) is 2.00. The average Bonchev–Trinajstić information content (AvgIpc) is 2.45. The molecule has 1 rings (SSSR count). The number of amides is 1. The van der Waals surface area contributed by atoms with Gasteiger partial charge in [0.2, 0.25) is 5.91 Å². The lowest BCUT2D eigenvalue weighted by Gasteiger charge is -2.14. The van der Waals surface area contributed by atoms with E-state index >= 15 is 0 Å². The second kappa shape index (κ2) is 8.35. The van der Waals surface area contributed by atoms with Crippen LogP contribution in [0, 0.1) is 5.92 Å².